The molecule has 0 radical (unpaired) electrons. The summed E-state index contributed by atoms with van der Waals surface area (Å²) in [5.41, 5.74) is 0. The second kappa shape index (κ2) is 11.9. The monoisotopic (exact) mass is 456 g/mol. The zero-order valence-corrected chi connectivity index (χ0v) is 21.1. The highest BCUT2D eigenvalue weighted by atomic mass is 28.4. The Hall–Kier alpha value is -0.733. The molecule has 2 aliphatic rings. The molecule has 6 nitrogen and oxygen atoms in total. The van der Waals surface area contributed by atoms with Gasteiger partial charge in [-0.3, -0.25) is 4.79 Å². The maximum atomic E-state index is 10.8. The molecule has 0 bridgehead atoms. The summed E-state index contributed by atoms with van der Waals surface area (Å²) >= 11 is 0. The number of unbranched alkanes of at least 4 members (excludes halogenated alkanes) is 1. The van der Waals surface area contributed by atoms with Gasteiger partial charge < -0.3 is 24.1 Å². The topological polar surface area (TPSA) is 85.2 Å². The van der Waals surface area contributed by atoms with Crippen molar-refractivity contribution >= 4 is 14.3 Å². The predicted molar refractivity (Wildman–Crippen MR) is 124 cm³/mol. The molecule has 0 amide bonds. The first-order valence-corrected chi connectivity index (χ1v) is 14.9. The minimum atomic E-state index is -1.91. The number of carboxylic acid groups (broad SMARTS) is 1. The third-order valence-corrected chi connectivity index (χ3v) is 11.7. The number of carboxylic acids is 1. The van der Waals surface area contributed by atoms with Crippen LogP contribution in [0, 0.1) is 11.8 Å². The fourth-order valence-electron chi connectivity index (χ4n) is 4.14. The fourth-order valence-corrected chi connectivity index (χ4v) is 5.19. The van der Waals surface area contributed by atoms with Gasteiger partial charge in [-0.15, -0.1) is 0 Å². The minimum Gasteiger partial charge on any atom is -0.481 e. The molecule has 1 saturated heterocycles. The SMILES string of the molecule is CC(C)(C)[Si](C)(C)OCC1C(OC2CCCCO2)CC(O)C1C/C=C\CCCC(=O)O. The van der Waals surface area contributed by atoms with Crippen molar-refractivity contribution in [2.24, 2.45) is 11.8 Å². The first kappa shape index (κ1) is 26.5. The van der Waals surface area contributed by atoms with Crippen molar-refractivity contribution in [3.63, 3.8) is 0 Å². The van der Waals surface area contributed by atoms with Crippen LogP contribution in [0.25, 0.3) is 0 Å². The van der Waals surface area contributed by atoms with E-state index in [0.717, 1.165) is 38.7 Å². The van der Waals surface area contributed by atoms with Crippen LogP contribution in [0.2, 0.25) is 18.1 Å². The van der Waals surface area contributed by atoms with Crippen LogP contribution < -0.4 is 0 Å². The van der Waals surface area contributed by atoms with Crippen molar-refractivity contribution in [1.82, 2.24) is 0 Å². The molecule has 1 aliphatic carbocycles. The van der Waals surface area contributed by atoms with Gasteiger partial charge in [0.1, 0.15) is 0 Å². The van der Waals surface area contributed by atoms with Gasteiger partial charge in [0.15, 0.2) is 14.6 Å². The third kappa shape index (κ3) is 8.28. The second-order valence-corrected chi connectivity index (χ2v) is 15.5. The first-order valence-electron chi connectivity index (χ1n) is 12.0. The second-order valence-electron chi connectivity index (χ2n) is 10.7. The smallest absolute Gasteiger partial charge is 0.303 e. The average molecular weight is 457 g/mol. The Morgan fingerprint density at radius 1 is 1.19 bits per heavy atom. The minimum absolute atomic E-state index is 0.0618. The number of hydrogen-bond acceptors (Lipinski definition) is 5. The van der Waals surface area contributed by atoms with Gasteiger partial charge in [0.25, 0.3) is 0 Å². The lowest BCUT2D eigenvalue weighted by Crippen LogP contribution is -2.44. The Labute approximate surface area is 189 Å². The highest BCUT2D eigenvalue weighted by molar-refractivity contribution is 6.74. The Morgan fingerprint density at radius 3 is 2.55 bits per heavy atom. The van der Waals surface area contributed by atoms with E-state index in [-0.39, 0.29) is 35.7 Å². The normalized spacial score (nSPS) is 30.2. The molecule has 1 aliphatic heterocycles. The number of hydrogen-bond donors (Lipinski definition) is 2. The zero-order valence-electron chi connectivity index (χ0n) is 20.1. The first-order chi connectivity index (χ1) is 14.5. The summed E-state index contributed by atoms with van der Waals surface area (Å²) in [6, 6.07) is 0. The van der Waals surface area contributed by atoms with Gasteiger partial charge in [-0.25, -0.2) is 0 Å². The molecule has 5 unspecified atom stereocenters. The maximum absolute atomic E-state index is 10.8. The van der Waals surface area contributed by atoms with E-state index in [1.54, 1.807) is 0 Å². The summed E-state index contributed by atoms with van der Waals surface area (Å²) in [6.45, 7) is 12.6. The van der Waals surface area contributed by atoms with E-state index in [9.17, 15) is 9.90 Å². The van der Waals surface area contributed by atoms with Crippen LogP contribution in [0.5, 0.6) is 0 Å². The summed E-state index contributed by atoms with van der Waals surface area (Å²) in [7, 11) is -1.91. The Balaban J connectivity index is 2.01. The molecule has 2 fully saturated rings. The van der Waals surface area contributed by atoms with Crippen LogP contribution in [0.3, 0.4) is 0 Å². The number of aliphatic hydroxyl groups excluding tert-OH is 1. The molecule has 0 aromatic carbocycles. The number of aliphatic hydroxyl groups is 1. The molecule has 0 aromatic rings. The van der Waals surface area contributed by atoms with Gasteiger partial charge in [0.05, 0.1) is 12.2 Å². The number of ether oxygens (including phenoxy) is 2. The van der Waals surface area contributed by atoms with Crippen LogP contribution in [0.1, 0.15) is 72.1 Å². The Bertz CT molecular complexity index is 579. The summed E-state index contributed by atoms with van der Waals surface area (Å²) < 4.78 is 18.7. The van der Waals surface area contributed by atoms with E-state index in [4.69, 9.17) is 19.0 Å². The van der Waals surface area contributed by atoms with Gasteiger partial charge in [-0.1, -0.05) is 32.9 Å². The number of allylic oxidation sites excluding steroid dienone is 2. The van der Waals surface area contributed by atoms with E-state index in [1.165, 1.54) is 0 Å². The molecule has 1 saturated carbocycles. The lowest BCUT2D eigenvalue weighted by Gasteiger charge is -2.38. The van der Waals surface area contributed by atoms with Gasteiger partial charge in [-0.2, -0.15) is 0 Å². The highest BCUT2D eigenvalue weighted by Gasteiger charge is 2.46. The summed E-state index contributed by atoms with van der Waals surface area (Å²) in [5.74, 6) is -0.556. The molecular weight excluding hydrogens is 412 g/mol. The van der Waals surface area contributed by atoms with Crippen molar-refractivity contribution < 1.29 is 28.9 Å². The molecule has 0 spiro atoms. The average Bonchev–Trinajstić information content (AvgIpc) is 2.97. The van der Waals surface area contributed by atoms with Gasteiger partial charge >= 0.3 is 5.97 Å². The van der Waals surface area contributed by atoms with Crippen molar-refractivity contribution in [1.29, 1.82) is 0 Å². The Kier molecular flexibility index (Phi) is 10.2. The van der Waals surface area contributed by atoms with Crippen molar-refractivity contribution in [2.75, 3.05) is 13.2 Å². The van der Waals surface area contributed by atoms with E-state index < -0.39 is 20.4 Å². The van der Waals surface area contributed by atoms with Gasteiger partial charge in [0, 0.05) is 32.0 Å². The molecule has 7 heteroatoms. The standard InChI is InChI=1S/C24H44O6Si/c1-24(2,3)31(4,5)29-17-19-18(12-8-6-7-9-13-22(26)27)20(25)16-21(19)30-23-14-10-11-15-28-23/h6,8,18-21,23,25H,7,9-17H2,1-5H3,(H,26,27)/b8-6-. The quantitative estimate of drug-likeness (QED) is 0.255. The molecule has 0 aromatic heterocycles. The van der Waals surface area contributed by atoms with Crippen LogP contribution in [-0.2, 0) is 18.7 Å². The van der Waals surface area contributed by atoms with Gasteiger partial charge in [-0.05, 0) is 62.6 Å². The highest BCUT2D eigenvalue weighted by Crippen LogP contribution is 2.42. The fraction of sp³-hybridized carbons (Fsp3) is 0.875. The zero-order chi connectivity index (χ0) is 23.1. The van der Waals surface area contributed by atoms with Crippen LogP contribution >= 0.6 is 0 Å². The molecular formula is C24H44O6Si. The number of carbonyl (C=O) groups is 1. The van der Waals surface area contributed by atoms with Crippen LogP contribution in [0.15, 0.2) is 12.2 Å². The molecule has 2 N–H and O–H groups in total. The largest absolute Gasteiger partial charge is 0.481 e. The van der Waals surface area contributed by atoms with Gasteiger partial charge in [0.2, 0.25) is 0 Å². The number of aliphatic carboxylic acids is 1. The van der Waals surface area contributed by atoms with Crippen molar-refractivity contribution in [3.8, 4) is 0 Å². The summed E-state index contributed by atoms with van der Waals surface area (Å²) in [6.07, 6.45) is 9.53. The van der Waals surface area contributed by atoms with E-state index in [1.807, 2.05) is 6.08 Å². The van der Waals surface area contributed by atoms with E-state index in [2.05, 4.69) is 39.9 Å². The Morgan fingerprint density at radius 2 is 1.94 bits per heavy atom. The third-order valence-electron chi connectivity index (χ3n) is 7.24. The molecule has 5 atom stereocenters. The van der Waals surface area contributed by atoms with Crippen LogP contribution in [-0.4, -0.2) is 56.2 Å². The predicted octanol–water partition coefficient (Wildman–Crippen LogP) is 5.12. The maximum Gasteiger partial charge on any atom is 0.303 e. The number of rotatable bonds is 11. The van der Waals surface area contributed by atoms with E-state index >= 15 is 0 Å². The summed E-state index contributed by atoms with van der Waals surface area (Å²) in [4.78, 5) is 10.7. The van der Waals surface area contributed by atoms with E-state index in [0.29, 0.717) is 19.4 Å². The lowest BCUT2D eigenvalue weighted by molar-refractivity contribution is -0.197. The van der Waals surface area contributed by atoms with Crippen molar-refractivity contribution in [2.45, 2.75) is 109 Å². The molecule has 2 rings (SSSR count). The molecule has 31 heavy (non-hydrogen) atoms. The van der Waals surface area contributed by atoms with Crippen molar-refractivity contribution in [3.05, 3.63) is 12.2 Å². The summed E-state index contributed by atoms with van der Waals surface area (Å²) in [5, 5.41) is 19.7. The van der Waals surface area contributed by atoms with Crippen LogP contribution in [0.4, 0.5) is 0 Å². The molecule has 1 heterocycles. The molecule has 180 valence electrons. The lowest BCUT2D eigenvalue weighted by atomic mass is 9.91.